The molecule has 1 amide bonds. The third-order valence-corrected chi connectivity index (χ3v) is 5.16. The molecule has 140 valence electrons. The maximum absolute atomic E-state index is 13.3. The van der Waals surface area contributed by atoms with E-state index in [0.717, 1.165) is 10.7 Å². The molecule has 0 spiro atoms. The minimum Gasteiger partial charge on any atom is -0.445 e. The standard InChI is InChI=1S/C17H20F2N4O2S/c1-10-9-26-15(21-10)13-6-11(8-25-16(20)24)7-14(23-13)22-12-2-4-17(18,19)5-3-12/h6-7,9,12H,2-5,8H2,1H3,(H2,20,24)(H,22,23). The number of rotatable bonds is 5. The number of anilines is 1. The van der Waals surface area contributed by atoms with Gasteiger partial charge in [-0.1, -0.05) is 0 Å². The van der Waals surface area contributed by atoms with Crippen LogP contribution in [0.1, 0.15) is 36.9 Å². The Morgan fingerprint density at radius 1 is 1.38 bits per heavy atom. The number of thiazole rings is 1. The van der Waals surface area contributed by atoms with Crippen molar-refractivity contribution in [2.75, 3.05) is 5.32 Å². The van der Waals surface area contributed by atoms with Gasteiger partial charge in [0, 0.05) is 30.0 Å². The highest BCUT2D eigenvalue weighted by atomic mass is 32.1. The maximum atomic E-state index is 13.3. The van der Waals surface area contributed by atoms with Crippen LogP contribution in [0.15, 0.2) is 17.5 Å². The number of aryl methyl sites for hydroxylation is 1. The van der Waals surface area contributed by atoms with Crippen LogP contribution in [0.4, 0.5) is 19.4 Å². The van der Waals surface area contributed by atoms with E-state index in [2.05, 4.69) is 15.3 Å². The Hall–Kier alpha value is -2.29. The fraction of sp³-hybridized carbons (Fsp3) is 0.471. The summed E-state index contributed by atoms with van der Waals surface area (Å²) in [7, 11) is 0. The number of primary amides is 1. The number of ether oxygens (including phenoxy) is 1. The lowest BCUT2D eigenvalue weighted by atomic mass is 9.92. The van der Waals surface area contributed by atoms with Crippen molar-refractivity contribution in [3.05, 3.63) is 28.8 Å². The van der Waals surface area contributed by atoms with Gasteiger partial charge in [-0.2, -0.15) is 0 Å². The van der Waals surface area contributed by atoms with E-state index in [-0.39, 0.29) is 25.5 Å². The lowest BCUT2D eigenvalue weighted by molar-refractivity contribution is -0.0361. The van der Waals surface area contributed by atoms with Gasteiger partial charge in [0.25, 0.3) is 0 Å². The zero-order valence-electron chi connectivity index (χ0n) is 14.3. The molecule has 2 aromatic rings. The quantitative estimate of drug-likeness (QED) is 0.813. The monoisotopic (exact) mass is 382 g/mol. The maximum Gasteiger partial charge on any atom is 0.404 e. The molecule has 2 aromatic heterocycles. The van der Waals surface area contributed by atoms with Crippen LogP contribution in [0.25, 0.3) is 10.7 Å². The lowest BCUT2D eigenvalue weighted by Gasteiger charge is -2.29. The highest BCUT2D eigenvalue weighted by Gasteiger charge is 2.35. The van der Waals surface area contributed by atoms with Gasteiger partial charge in [0.15, 0.2) is 0 Å². The molecular weight excluding hydrogens is 362 g/mol. The highest BCUT2D eigenvalue weighted by Crippen LogP contribution is 2.34. The van der Waals surface area contributed by atoms with Crippen molar-refractivity contribution >= 4 is 23.2 Å². The van der Waals surface area contributed by atoms with Gasteiger partial charge in [-0.05, 0) is 37.5 Å². The minimum atomic E-state index is -2.58. The van der Waals surface area contributed by atoms with Gasteiger partial charge in [-0.15, -0.1) is 11.3 Å². The Bertz CT molecular complexity index is 787. The molecule has 0 unspecified atom stereocenters. The number of nitrogens with zero attached hydrogens (tertiary/aromatic N) is 2. The van der Waals surface area contributed by atoms with Crippen LogP contribution in [-0.4, -0.2) is 28.0 Å². The lowest BCUT2D eigenvalue weighted by Crippen LogP contribution is -2.32. The van der Waals surface area contributed by atoms with Crippen LogP contribution in [0.5, 0.6) is 0 Å². The molecule has 1 saturated carbocycles. The molecule has 0 radical (unpaired) electrons. The molecule has 3 N–H and O–H groups in total. The molecule has 3 rings (SSSR count). The molecule has 2 heterocycles. The first-order valence-electron chi connectivity index (χ1n) is 8.31. The minimum absolute atomic E-state index is 0.00658. The van der Waals surface area contributed by atoms with E-state index in [1.807, 2.05) is 12.3 Å². The van der Waals surface area contributed by atoms with Crippen molar-refractivity contribution < 1.29 is 18.3 Å². The third-order valence-electron chi connectivity index (χ3n) is 4.17. The zero-order chi connectivity index (χ0) is 18.7. The predicted molar refractivity (Wildman–Crippen MR) is 95.3 cm³/mol. The van der Waals surface area contributed by atoms with Crippen molar-refractivity contribution in [2.24, 2.45) is 5.73 Å². The number of hydrogen-bond donors (Lipinski definition) is 2. The van der Waals surface area contributed by atoms with Crippen LogP contribution < -0.4 is 11.1 Å². The number of carbonyl (C=O) groups is 1. The first-order valence-corrected chi connectivity index (χ1v) is 9.19. The van der Waals surface area contributed by atoms with Gasteiger partial charge in [0.2, 0.25) is 5.92 Å². The van der Waals surface area contributed by atoms with E-state index in [0.29, 0.717) is 29.9 Å². The number of hydrogen-bond acceptors (Lipinski definition) is 6. The van der Waals surface area contributed by atoms with E-state index in [1.165, 1.54) is 11.3 Å². The molecular formula is C17H20F2N4O2S. The summed E-state index contributed by atoms with van der Waals surface area (Å²) in [5, 5.41) is 5.88. The number of alkyl halides is 2. The van der Waals surface area contributed by atoms with E-state index in [9.17, 15) is 13.6 Å². The van der Waals surface area contributed by atoms with Gasteiger partial charge in [0.05, 0.1) is 0 Å². The number of aromatic nitrogens is 2. The SMILES string of the molecule is Cc1csc(-c2cc(COC(N)=O)cc(NC3CCC(F)(F)CC3)n2)n1. The van der Waals surface area contributed by atoms with Gasteiger partial charge in [0.1, 0.15) is 23.1 Å². The number of amides is 1. The third kappa shape index (κ3) is 4.87. The average Bonchev–Trinajstić information content (AvgIpc) is 3.01. The highest BCUT2D eigenvalue weighted by molar-refractivity contribution is 7.13. The van der Waals surface area contributed by atoms with Crippen molar-refractivity contribution in [3.8, 4) is 10.7 Å². The van der Waals surface area contributed by atoms with E-state index < -0.39 is 12.0 Å². The summed E-state index contributed by atoms with van der Waals surface area (Å²) in [6.45, 7) is 1.90. The van der Waals surface area contributed by atoms with Crippen molar-refractivity contribution in [1.82, 2.24) is 9.97 Å². The average molecular weight is 382 g/mol. The molecule has 0 aliphatic heterocycles. The molecule has 0 bridgehead atoms. The van der Waals surface area contributed by atoms with Gasteiger partial charge in [-0.3, -0.25) is 0 Å². The van der Waals surface area contributed by atoms with E-state index >= 15 is 0 Å². The molecule has 26 heavy (non-hydrogen) atoms. The molecule has 1 aliphatic rings. The van der Waals surface area contributed by atoms with E-state index in [4.69, 9.17) is 10.5 Å². The van der Waals surface area contributed by atoms with Crippen LogP contribution in [-0.2, 0) is 11.3 Å². The Morgan fingerprint density at radius 2 is 2.12 bits per heavy atom. The van der Waals surface area contributed by atoms with Gasteiger partial charge in [-0.25, -0.2) is 23.5 Å². The van der Waals surface area contributed by atoms with E-state index in [1.54, 1.807) is 12.1 Å². The number of carbonyl (C=O) groups excluding carboxylic acids is 1. The van der Waals surface area contributed by atoms with Gasteiger partial charge < -0.3 is 15.8 Å². The molecule has 0 atom stereocenters. The zero-order valence-corrected chi connectivity index (χ0v) is 15.1. The van der Waals surface area contributed by atoms with Crippen molar-refractivity contribution in [2.45, 2.75) is 51.2 Å². The summed E-state index contributed by atoms with van der Waals surface area (Å²) < 4.78 is 31.5. The molecule has 0 saturated heterocycles. The van der Waals surface area contributed by atoms with Crippen LogP contribution in [0.3, 0.4) is 0 Å². The molecule has 6 nitrogen and oxygen atoms in total. The number of nitrogens with two attached hydrogens (primary N) is 1. The molecule has 9 heteroatoms. The molecule has 1 aliphatic carbocycles. The van der Waals surface area contributed by atoms with Gasteiger partial charge >= 0.3 is 6.09 Å². The second-order valence-electron chi connectivity index (χ2n) is 6.42. The predicted octanol–water partition coefficient (Wildman–Crippen LogP) is 4.10. The number of nitrogens with one attached hydrogen (secondary N) is 1. The summed E-state index contributed by atoms with van der Waals surface area (Å²) in [6, 6.07) is 3.45. The second kappa shape index (κ2) is 7.53. The Labute approximate surface area is 153 Å². The summed E-state index contributed by atoms with van der Waals surface area (Å²) in [4.78, 5) is 19.9. The summed E-state index contributed by atoms with van der Waals surface area (Å²) in [6.07, 6.45) is -0.371. The largest absolute Gasteiger partial charge is 0.445 e. The Morgan fingerprint density at radius 3 is 2.73 bits per heavy atom. The molecule has 0 aromatic carbocycles. The number of halogens is 2. The Kier molecular flexibility index (Phi) is 5.36. The van der Waals surface area contributed by atoms with Crippen molar-refractivity contribution in [3.63, 3.8) is 0 Å². The molecule has 1 fully saturated rings. The fourth-order valence-corrected chi connectivity index (χ4v) is 3.63. The fourth-order valence-electron chi connectivity index (χ4n) is 2.87. The van der Waals surface area contributed by atoms with Crippen molar-refractivity contribution in [1.29, 1.82) is 0 Å². The first kappa shape index (κ1) is 18.5. The van der Waals surface area contributed by atoms with Crippen LogP contribution >= 0.6 is 11.3 Å². The number of pyridine rings is 1. The topological polar surface area (TPSA) is 90.1 Å². The normalized spacial score (nSPS) is 17.0. The van der Waals surface area contributed by atoms with Crippen LogP contribution in [0.2, 0.25) is 0 Å². The summed E-state index contributed by atoms with van der Waals surface area (Å²) in [5.41, 5.74) is 7.25. The first-order chi connectivity index (χ1) is 12.3. The Balaban J connectivity index is 1.81. The second-order valence-corrected chi connectivity index (χ2v) is 7.28. The van der Waals surface area contributed by atoms with Crippen LogP contribution in [0, 0.1) is 6.92 Å². The summed E-state index contributed by atoms with van der Waals surface area (Å²) >= 11 is 1.46. The summed E-state index contributed by atoms with van der Waals surface area (Å²) in [5.74, 6) is -2.03. The smallest absolute Gasteiger partial charge is 0.404 e.